The lowest BCUT2D eigenvalue weighted by Crippen LogP contribution is -2.54. The van der Waals surface area contributed by atoms with E-state index < -0.39 is 28.5 Å². The molecule has 2 atom stereocenters. The van der Waals surface area contributed by atoms with Crippen LogP contribution in [-0.2, 0) is 32.6 Å². The first kappa shape index (κ1) is 30.9. The summed E-state index contributed by atoms with van der Waals surface area (Å²) in [6.45, 7) is 5.64. The molecule has 4 rings (SSSR count). The molecule has 2 amide bonds. The summed E-state index contributed by atoms with van der Waals surface area (Å²) in [4.78, 5) is 29.4. The first-order valence-corrected chi connectivity index (χ1v) is 15.7. The molecule has 0 aliphatic heterocycles. The molecule has 4 aromatic carbocycles. The Morgan fingerprint density at radius 3 is 2.14 bits per heavy atom. The van der Waals surface area contributed by atoms with Crippen molar-refractivity contribution in [2.45, 2.75) is 57.1 Å². The van der Waals surface area contributed by atoms with E-state index in [0.717, 1.165) is 38.2 Å². The van der Waals surface area contributed by atoms with E-state index in [4.69, 9.17) is 0 Å². The van der Waals surface area contributed by atoms with Crippen molar-refractivity contribution in [3.8, 4) is 0 Å². The van der Waals surface area contributed by atoms with E-state index >= 15 is 0 Å². The molecule has 0 spiro atoms. The van der Waals surface area contributed by atoms with Gasteiger partial charge >= 0.3 is 0 Å². The summed E-state index contributed by atoms with van der Waals surface area (Å²) in [6, 6.07) is 28.9. The zero-order chi connectivity index (χ0) is 30.3. The van der Waals surface area contributed by atoms with Crippen LogP contribution in [-0.4, -0.2) is 55.1 Å². The quantitative estimate of drug-likeness (QED) is 0.244. The third kappa shape index (κ3) is 7.63. The van der Waals surface area contributed by atoms with Gasteiger partial charge in [0.15, 0.2) is 0 Å². The highest BCUT2D eigenvalue weighted by molar-refractivity contribution is 7.89. The number of hydrogen-bond acceptors (Lipinski definition) is 4. The first-order chi connectivity index (χ1) is 20.1. The Balaban J connectivity index is 1.67. The fraction of sp³-hybridized carbons (Fsp3) is 0.294. The number of nitrogens with zero attached hydrogens (tertiary/aromatic N) is 2. The molecule has 42 heavy (non-hydrogen) atoms. The molecular weight excluding hydrogens is 546 g/mol. The molecule has 0 aromatic heterocycles. The normalized spacial score (nSPS) is 13.1. The van der Waals surface area contributed by atoms with Gasteiger partial charge in [0, 0.05) is 26.1 Å². The lowest BCUT2D eigenvalue weighted by atomic mass is 10.0. The Labute approximate surface area is 249 Å². The van der Waals surface area contributed by atoms with Crippen molar-refractivity contribution in [3.05, 3.63) is 114 Å². The van der Waals surface area contributed by atoms with Crippen molar-refractivity contribution in [1.82, 2.24) is 14.5 Å². The van der Waals surface area contributed by atoms with Gasteiger partial charge in [-0.05, 0) is 54.3 Å². The van der Waals surface area contributed by atoms with Crippen LogP contribution in [0.15, 0.2) is 102 Å². The van der Waals surface area contributed by atoms with Crippen LogP contribution in [0, 0.1) is 6.92 Å². The maximum Gasteiger partial charge on any atom is 0.243 e. The highest BCUT2D eigenvalue weighted by Gasteiger charge is 2.33. The number of nitrogens with one attached hydrogen (secondary N) is 1. The fourth-order valence-electron chi connectivity index (χ4n) is 4.76. The largest absolute Gasteiger partial charge is 0.352 e. The number of sulfonamides is 1. The van der Waals surface area contributed by atoms with Crippen molar-refractivity contribution in [3.63, 3.8) is 0 Å². The third-order valence-electron chi connectivity index (χ3n) is 7.53. The minimum atomic E-state index is -3.98. The van der Waals surface area contributed by atoms with Crippen molar-refractivity contribution >= 4 is 32.6 Å². The number of likely N-dealkylation sites (N-methyl/N-ethyl adjacent to an activating group) is 1. The molecule has 8 heteroatoms. The molecule has 0 fully saturated rings. The van der Waals surface area contributed by atoms with E-state index in [1.807, 2.05) is 99.6 Å². The number of benzene rings is 4. The molecule has 7 nitrogen and oxygen atoms in total. The van der Waals surface area contributed by atoms with Gasteiger partial charge in [-0.3, -0.25) is 9.59 Å². The average Bonchev–Trinajstić information content (AvgIpc) is 2.99. The number of carbonyl (C=O) groups excluding carboxylic acids is 2. The molecule has 0 bridgehead atoms. The number of rotatable bonds is 12. The molecule has 0 saturated heterocycles. The zero-order valence-corrected chi connectivity index (χ0v) is 25.5. The van der Waals surface area contributed by atoms with E-state index in [1.54, 1.807) is 18.2 Å². The fourth-order valence-corrected chi connectivity index (χ4v) is 5.92. The highest BCUT2D eigenvalue weighted by Crippen LogP contribution is 2.22. The van der Waals surface area contributed by atoms with Gasteiger partial charge < -0.3 is 10.2 Å². The predicted molar refractivity (Wildman–Crippen MR) is 167 cm³/mol. The lowest BCUT2D eigenvalue weighted by molar-refractivity contribution is -0.141. The van der Waals surface area contributed by atoms with Crippen LogP contribution in [0.2, 0.25) is 0 Å². The second-order valence-corrected chi connectivity index (χ2v) is 12.8. The van der Waals surface area contributed by atoms with Crippen LogP contribution < -0.4 is 5.32 Å². The Hall–Kier alpha value is -4.01. The maximum atomic E-state index is 14.0. The van der Waals surface area contributed by atoms with Gasteiger partial charge in [-0.2, -0.15) is 4.31 Å². The van der Waals surface area contributed by atoms with Crippen molar-refractivity contribution in [1.29, 1.82) is 0 Å². The molecule has 0 radical (unpaired) electrons. The van der Waals surface area contributed by atoms with E-state index in [9.17, 15) is 18.0 Å². The number of hydrogen-bond donors (Lipinski definition) is 1. The van der Waals surface area contributed by atoms with Crippen molar-refractivity contribution in [2.75, 3.05) is 13.6 Å². The molecule has 4 aromatic rings. The molecule has 220 valence electrons. The van der Waals surface area contributed by atoms with Gasteiger partial charge in [-0.15, -0.1) is 0 Å². The maximum absolute atomic E-state index is 14.0. The summed E-state index contributed by atoms with van der Waals surface area (Å²) in [7, 11) is -2.58. The summed E-state index contributed by atoms with van der Waals surface area (Å²) in [6.07, 6.45) is 1.03. The number of amides is 2. The summed E-state index contributed by atoms with van der Waals surface area (Å²) in [5.41, 5.74) is 2.83. The second-order valence-electron chi connectivity index (χ2n) is 10.8. The molecule has 0 unspecified atom stereocenters. The van der Waals surface area contributed by atoms with Crippen LogP contribution in [0.5, 0.6) is 0 Å². The smallest absolute Gasteiger partial charge is 0.243 e. The SMILES string of the molecule is CC[C@@H](C)NC(=O)[C@@H](Cc1ccccc1)N(Cc1ccc(C)cc1)C(=O)CN(C)S(=O)(=O)c1ccc2ccccc2c1. The van der Waals surface area contributed by atoms with E-state index in [2.05, 4.69) is 5.32 Å². The molecule has 1 N–H and O–H groups in total. The number of aryl methyl sites for hydroxylation is 1. The number of carbonyl (C=O) groups is 2. The monoisotopic (exact) mass is 585 g/mol. The molecule has 0 aliphatic carbocycles. The Bertz CT molecular complexity index is 1620. The summed E-state index contributed by atoms with van der Waals surface area (Å²) < 4.78 is 28.2. The Kier molecular flexibility index (Phi) is 10.1. The average molecular weight is 586 g/mol. The van der Waals surface area contributed by atoms with Crippen LogP contribution in [0.3, 0.4) is 0 Å². The van der Waals surface area contributed by atoms with E-state index in [1.165, 1.54) is 11.9 Å². The lowest BCUT2D eigenvalue weighted by Gasteiger charge is -2.33. The standard InChI is InChI=1S/C34H39N3O4S/c1-5-26(3)35-34(39)32(21-27-11-7-6-8-12-27)37(23-28-17-15-25(2)16-18-28)33(38)24-36(4)42(40,41)31-20-19-29-13-9-10-14-30(29)22-31/h6-20,22,26,32H,5,21,23-24H2,1-4H3,(H,35,39)/t26-,32-/m1/s1. The van der Waals surface area contributed by atoms with Gasteiger partial charge in [0.05, 0.1) is 11.4 Å². The van der Waals surface area contributed by atoms with Gasteiger partial charge in [-0.1, -0.05) is 97.4 Å². The summed E-state index contributed by atoms with van der Waals surface area (Å²) in [5.74, 6) is -0.726. The number of fused-ring (bicyclic) bond motifs is 1. The Morgan fingerprint density at radius 2 is 1.48 bits per heavy atom. The van der Waals surface area contributed by atoms with E-state index in [-0.39, 0.29) is 23.4 Å². The molecule has 0 heterocycles. The van der Waals surface area contributed by atoms with Gasteiger partial charge in [-0.25, -0.2) is 8.42 Å². The Morgan fingerprint density at radius 1 is 0.833 bits per heavy atom. The van der Waals surface area contributed by atoms with Crippen LogP contribution >= 0.6 is 0 Å². The van der Waals surface area contributed by atoms with Crippen LogP contribution in [0.25, 0.3) is 10.8 Å². The topological polar surface area (TPSA) is 86.8 Å². The zero-order valence-electron chi connectivity index (χ0n) is 24.7. The highest BCUT2D eigenvalue weighted by atomic mass is 32.2. The summed E-state index contributed by atoms with van der Waals surface area (Å²) >= 11 is 0. The van der Waals surface area contributed by atoms with Crippen LogP contribution in [0.4, 0.5) is 0 Å². The van der Waals surface area contributed by atoms with Crippen molar-refractivity contribution in [2.24, 2.45) is 0 Å². The van der Waals surface area contributed by atoms with E-state index in [0.29, 0.717) is 6.42 Å². The predicted octanol–water partition coefficient (Wildman–Crippen LogP) is 5.32. The molecule has 0 aliphatic rings. The molecule has 0 saturated carbocycles. The van der Waals surface area contributed by atoms with Gasteiger partial charge in [0.2, 0.25) is 21.8 Å². The van der Waals surface area contributed by atoms with Crippen molar-refractivity contribution < 1.29 is 18.0 Å². The second kappa shape index (κ2) is 13.8. The molecular formula is C34H39N3O4S. The van der Waals surface area contributed by atoms with Gasteiger partial charge in [0.25, 0.3) is 0 Å². The van der Waals surface area contributed by atoms with Gasteiger partial charge in [0.1, 0.15) is 6.04 Å². The summed E-state index contributed by atoms with van der Waals surface area (Å²) in [5, 5.41) is 4.76. The third-order valence-corrected chi connectivity index (χ3v) is 9.33. The van der Waals surface area contributed by atoms with Crippen LogP contribution in [0.1, 0.15) is 37.0 Å². The minimum absolute atomic E-state index is 0.0805. The minimum Gasteiger partial charge on any atom is -0.352 e. The first-order valence-electron chi connectivity index (χ1n) is 14.2.